The van der Waals surface area contributed by atoms with Crippen LogP contribution in [-0.2, 0) is 6.18 Å². The molecule has 0 spiro atoms. The van der Waals surface area contributed by atoms with Crippen molar-refractivity contribution in [3.63, 3.8) is 0 Å². The second-order valence-electron chi connectivity index (χ2n) is 3.34. The molecule has 1 rings (SSSR count). The van der Waals surface area contributed by atoms with E-state index in [1.807, 2.05) is 6.92 Å². The van der Waals surface area contributed by atoms with Gasteiger partial charge in [-0.15, -0.1) is 0 Å². The van der Waals surface area contributed by atoms with Crippen LogP contribution in [0.25, 0.3) is 5.57 Å². The zero-order valence-corrected chi connectivity index (χ0v) is 8.73. The van der Waals surface area contributed by atoms with Gasteiger partial charge in [0.25, 0.3) is 0 Å². The molecule has 0 aliphatic heterocycles. The molecule has 82 valence electrons. The molecular weight excluding hydrogens is 201 g/mol. The SMILES string of the molecule is CC/C=C(\C)c1ccccc1C(F)(F)F. The lowest BCUT2D eigenvalue weighted by atomic mass is 10.00. The molecule has 0 saturated heterocycles. The van der Waals surface area contributed by atoms with Crippen LogP contribution in [0, 0.1) is 0 Å². The van der Waals surface area contributed by atoms with Gasteiger partial charge in [-0.25, -0.2) is 0 Å². The van der Waals surface area contributed by atoms with Crippen molar-refractivity contribution >= 4 is 5.57 Å². The maximum absolute atomic E-state index is 12.6. The summed E-state index contributed by atoms with van der Waals surface area (Å²) >= 11 is 0. The molecule has 0 nitrogen and oxygen atoms in total. The van der Waals surface area contributed by atoms with E-state index in [4.69, 9.17) is 0 Å². The first-order valence-electron chi connectivity index (χ1n) is 4.80. The molecule has 15 heavy (non-hydrogen) atoms. The van der Waals surface area contributed by atoms with Gasteiger partial charge >= 0.3 is 6.18 Å². The molecule has 0 heterocycles. The average Bonchev–Trinajstić information content (AvgIpc) is 2.17. The maximum atomic E-state index is 12.6. The molecular formula is C12H13F3. The van der Waals surface area contributed by atoms with Crippen LogP contribution in [0.5, 0.6) is 0 Å². The van der Waals surface area contributed by atoms with E-state index in [2.05, 4.69) is 0 Å². The van der Waals surface area contributed by atoms with Crippen LogP contribution in [-0.4, -0.2) is 0 Å². The molecule has 0 bridgehead atoms. The van der Waals surface area contributed by atoms with Gasteiger partial charge in [-0.2, -0.15) is 13.2 Å². The van der Waals surface area contributed by atoms with E-state index in [9.17, 15) is 13.2 Å². The van der Waals surface area contributed by atoms with Crippen molar-refractivity contribution in [2.45, 2.75) is 26.4 Å². The fourth-order valence-corrected chi connectivity index (χ4v) is 1.49. The molecule has 0 aliphatic rings. The van der Waals surface area contributed by atoms with E-state index < -0.39 is 11.7 Å². The van der Waals surface area contributed by atoms with Gasteiger partial charge in [0.1, 0.15) is 0 Å². The Labute approximate surface area is 87.4 Å². The van der Waals surface area contributed by atoms with Crippen LogP contribution < -0.4 is 0 Å². The van der Waals surface area contributed by atoms with Crippen LogP contribution in [0.2, 0.25) is 0 Å². The van der Waals surface area contributed by atoms with Crippen LogP contribution in [0.15, 0.2) is 30.3 Å². The molecule has 0 unspecified atom stereocenters. The largest absolute Gasteiger partial charge is 0.416 e. The lowest BCUT2D eigenvalue weighted by Crippen LogP contribution is -2.08. The standard InChI is InChI=1S/C12H13F3/c1-3-6-9(2)10-7-4-5-8-11(10)12(13,14)15/h4-8H,3H2,1-2H3/b9-6+. The highest BCUT2D eigenvalue weighted by Gasteiger charge is 2.32. The predicted octanol–water partition coefficient (Wildman–Crippen LogP) is 4.52. The van der Waals surface area contributed by atoms with Gasteiger partial charge in [0.2, 0.25) is 0 Å². The Hall–Kier alpha value is -1.25. The van der Waals surface area contributed by atoms with Gasteiger partial charge in [0.15, 0.2) is 0 Å². The van der Waals surface area contributed by atoms with Crippen molar-refractivity contribution < 1.29 is 13.2 Å². The normalized spacial score (nSPS) is 13.0. The third-order valence-corrected chi connectivity index (χ3v) is 2.17. The molecule has 0 saturated carbocycles. The van der Waals surface area contributed by atoms with Gasteiger partial charge in [0, 0.05) is 0 Å². The highest BCUT2D eigenvalue weighted by Crippen LogP contribution is 2.34. The second-order valence-corrected chi connectivity index (χ2v) is 3.34. The second kappa shape index (κ2) is 4.51. The van der Waals surface area contributed by atoms with E-state index in [1.165, 1.54) is 12.1 Å². The molecule has 0 atom stereocenters. The third kappa shape index (κ3) is 2.85. The lowest BCUT2D eigenvalue weighted by molar-refractivity contribution is -0.137. The molecule has 1 aromatic carbocycles. The summed E-state index contributed by atoms with van der Waals surface area (Å²) in [4.78, 5) is 0. The first-order chi connectivity index (χ1) is 6.96. The molecule has 0 aromatic heterocycles. The van der Waals surface area contributed by atoms with Gasteiger partial charge in [0.05, 0.1) is 5.56 Å². The van der Waals surface area contributed by atoms with E-state index >= 15 is 0 Å². The Balaban J connectivity index is 3.24. The van der Waals surface area contributed by atoms with Crippen LogP contribution in [0.4, 0.5) is 13.2 Å². The zero-order chi connectivity index (χ0) is 11.5. The quantitative estimate of drug-likeness (QED) is 0.679. The van der Waals surface area contributed by atoms with Gasteiger partial charge in [-0.3, -0.25) is 0 Å². The topological polar surface area (TPSA) is 0 Å². The smallest absolute Gasteiger partial charge is 0.166 e. The summed E-state index contributed by atoms with van der Waals surface area (Å²) in [5.74, 6) is 0. The van der Waals surface area contributed by atoms with E-state index in [0.717, 1.165) is 12.5 Å². The number of halogens is 3. The van der Waals surface area contributed by atoms with E-state index in [1.54, 1.807) is 19.1 Å². The fraction of sp³-hybridized carbons (Fsp3) is 0.333. The third-order valence-electron chi connectivity index (χ3n) is 2.17. The van der Waals surface area contributed by atoms with E-state index in [0.29, 0.717) is 5.57 Å². The summed E-state index contributed by atoms with van der Waals surface area (Å²) in [5.41, 5.74) is 0.379. The molecule has 0 amide bonds. The van der Waals surface area contributed by atoms with Crippen molar-refractivity contribution in [3.05, 3.63) is 41.5 Å². The molecule has 3 heteroatoms. The molecule has 0 fully saturated rings. The first kappa shape index (κ1) is 11.8. The van der Waals surface area contributed by atoms with Crippen molar-refractivity contribution in [1.82, 2.24) is 0 Å². The Morgan fingerprint density at radius 1 is 1.27 bits per heavy atom. The summed E-state index contributed by atoms with van der Waals surface area (Å²) < 4.78 is 37.9. The number of hydrogen-bond donors (Lipinski definition) is 0. The molecule has 1 aromatic rings. The lowest BCUT2D eigenvalue weighted by Gasteiger charge is -2.12. The number of hydrogen-bond acceptors (Lipinski definition) is 0. The summed E-state index contributed by atoms with van der Waals surface area (Å²) in [5, 5.41) is 0. The van der Waals surface area contributed by atoms with Crippen molar-refractivity contribution in [1.29, 1.82) is 0 Å². The molecule has 0 N–H and O–H groups in total. The summed E-state index contributed by atoms with van der Waals surface area (Å²) in [6, 6.07) is 5.65. The highest BCUT2D eigenvalue weighted by molar-refractivity contribution is 5.67. The first-order valence-corrected chi connectivity index (χ1v) is 4.80. The Morgan fingerprint density at radius 2 is 1.87 bits per heavy atom. The van der Waals surface area contributed by atoms with Crippen molar-refractivity contribution in [2.24, 2.45) is 0 Å². The Bertz CT molecular complexity index is 361. The minimum Gasteiger partial charge on any atom is -0.166 e. The Morgan fingerprint density at radius 3 is 2.40 bits per heavy atom. The number of benzene rings is 1. The highest BCUT2D eigenvalue weighted by atomic mass is 19.4. The number of alkyl halides is 3. The van der Waals surface area contributed by atoms with Gasteiger partial charge in [-0.1, -0.05) is 31.2 Å². The van der Waals surface area contributed by atoms with Gasteiger partial charge < -0.3 is 0 Å². The Kier molecular flexibility index (Phi) is 3.56. The molecule has 0 radical (unpaired) electrons. The monoisotopic (exact) mass is 214 g/mol. The van der Waals surface area contributed by atoms with E-state index in [-0.39, 0.29) is 5.56 Å². The van der Waals surface area contributed by atoms with Crippen LogP contribution >= 0.6 is 0 Å². The van der Waals surface area contributed by atoms with Crippen LogP contribution in [0.3, 0.4) is 0 Å². The minimum absolute atomic E-state index is 0.270. The average molecular weight is 214 g/mol. The van der Waals surface area contributed by atoms with Gasteiger partial charge in [-0.05, 0) is 30.5 Å². The van der Waals surface area contributed by atoms with Crippen molar-refractivity contribution in [3.8, 4) is 0 Å². The summed E-state index contributed by atoms with van der Waals surface area (Å²) in [6.45, 7) is 3.60. The fourth-order valence-electron chi connectivity index (χ4n) is 1.49. The maximum Gasteiger partial charge on any atom is 0.416 e. The summed E-state index contributed by atoms with van der Waals surface area (Å²) in [7, 11) is 0. The predicted molar refractivity (Wildman–Crippen MR) is 55.4 cm³/mol. The minimum atomic E-state index is -4.28. The zero-order valence-electron chi connectivity index (χ0n) is 8.73. The number of rotatable bonds is 2. The van der Waals surface area contributed by atoms with Crippen molar-refractivity contribution in [2.75, 3.05) is 0 Å². The molecule has 0 aliphatic carbocycles. The number of allylic oxidation sites excluding steroid dienone is 2. The van der Waals surface area contributed by atoms with Crippen LogP contribution in [0.1, 0.15) is 31.4 Å². The summed E-state index contributed by atoms with van der Waals surface area (Å²) in [6.07, 6.45) is -1.75.